The normalized spacial score (nSPS) is 16.9. The van der Waals surface area contributed by atoms with Gasteiger partial charge in [0, 0.05) is 11.1 Å². The summed E-state index contributed by atoms with van der Waals surface area (Å²) in [6.45, 7) is 5.36. The number of ether oxygens (including phenoxy) is 1. The summed E-state index contributed by atoms with van der Waals surface area (Å²) >= 11 is 0. The van der Waals surface area contributed by atoms with Gasteiger partial charge in [0.25, 0.3) is 0 Å². The third-order valence-corrected chi connectivity index (χ3v) is 4.42. The summed E-state index contributed by atoms with van der Waals surface area (Å²) in [6.07, 6.45) is 2.25. The van der Waals surface area contributed by atoms with E-state index in [1.165, 1.54) is 11.1 Å². The Kier molecular flexibility index (Phi) is 4.16. The Morgan fingerprint density at radius 2 is 2.05 bits per heavy atom. The van der Waals surface area contributed by atoms with Crippen LogP contribution in [0.3, 0.4) is 0 Å². The largest absolute Gasteiger partial charge is 0.493 e. The van der Waals surface area contributed by atoms with Gasteiger partial charge in [0.2, 0.25) is 0 Å². The van der Waals surface area contributed by atoms with E-state index in [1.807, 2.05) is 7.05 Å². The third kappa shape index (κ3) is 2.63. The van der Waals surface area contributed by atoms with Crippen molar-refractivity contribution in [3.63, 3.8) is 0 Å². The molecule has 1 aromatic rings. The molecule has 1 aromatic carbocycles. The summed E-state index contributed by atoms with van der Waals surface area (Å²) in [5.74, 6) is 1.10. The molecule has 0 spiro atoms. The predicted molar refractivity (Wildman–Crippen MR) is 79.8 cm³/mol. The van der Waals surface area contributed by atoms with Crippen LogP contribution in [0.4, 0.5) is 0 Å². The molecule has 0 amide bonds. The first-order valence-electron chi connectivity index (χ1n) is 7.07. The summed E-state index contributed by atoms with van der Waals surface area (Å²) in [4.78, 5) is 2.26. The molecule has 0 aliphatic carbocycles. The highest BCUT2D eigenvalue weighted by atomic mass is 16.5. The SMILES string of the molecule is CNC(c1cccc2c1OCCC2)C(C)(C)N(C)C. The van der Waals surface area contributed by atoms with Crippen LogP contribution in [-0.4, -0.2) is 38.2 Å². The number of hydrogen-bond donors (Lipinski definition) is 1. The Morgan fingerprint density at radius 1 is 1.32 bits per heavy atom. The van der Waals surface area contributed by atoms with Gasteiger partial charge in [-0.25, -0.2) is 0 Å². The maximum absolute atomic E-state index is 5.95. The summed E-state index contributed by atoms with van der Waals surface area (Å²) in [5, 5.41) is 3.47. The van der Waals surface area contributed by atoms with Gasteiger partial charge in [-0.15, -0.1) is 0 Å². The Morgan fingerprint density at radius 3 is 2.68 bits per heavy atom. The van der Waals surface area contributed by atoms with Crippen molar-refractivity contribution < 1.29 is 4.74 Å². The highest BCUT2D eigenvalue weighted by Gasteiger charge is 2.34. The fraction of sp³-hybridized carbons (Fsp3) is 0.625. The fourth-order valence-electron chi connectivity index (χ4n) is 2.79. The van der Waals surface area contributed by atoms with Crippen molar-refractivity contribution in [1.29, 1.82) is 0 Å². The zero-order valence-electron chi connectivity index (χ0n) is 12.8. The zero-order valence-corrected chi connectivity index (χ0v) is 12.8. The summed E-state index contributed by atoms with van der Waals surface area (Å²) in [7, 11) is 6.28. The average Bonchev–Trinajstić information content (AvgIpc) is 2.39. The second-order valence-electron chi connectivity index (χ2n) is 6.06. The molecule has 2 rings (SSSR count). The zero-order chi connectivity index (χ0) is 14.0. The molecule has 0 fully saturated rings. The molecule has 1 heterocycles. The highest BCUT2D eigenvalue weighted by molar-refractivity contribution is 5.45. The van der Waals surface area contributed by atoms with Crippen LogP contribution >= 0.6 is 0 Å². The van der Waals surface area contributed by atoms with E-state index in [9.17, 15) is 0 Å². The van der Waals surface area contributed by atoms with Gasteiger partial charge >= 0.3 is 0 Å². The number of hydrogen-bond acceptors (Lipinski definition) is 3. The van der Waals surface area contributed by atoms with Gasteiger partial charge in [-0.05, 0) is 53.4 Å². The molecule has 0 radical (unpaired) electrons. The van der Waals surface area contributed by atoms with E-state index >= 15 is 0 Å². The third-order valence-electron chi connectivity index (χ3n) is 4.42. The second kappa shape index (κ2) is 5.51. The molecule has 3 heteroatoms. The van der Waals surface area contributed by atoms with Gasteiger partial charge in [0.05, 0.1) is 12.6 Å². The van der Waals surface area contributed by atoms with Crippen molar-refractivity contribution in [1.82, 2.24) is 10.2 Å². The molecule has 106 valence electrons. The van der Waals surface area contributed by atoms with Crippen LogP contribution in [0, 0.1) is 0 Å². The number of aryl methyl sites for hydroxylation is 1. The second-order valence-corrected chi connectivity index (χ2v) is 6.06. The molecule has 19 heavy (non-hydrogen) atoms. The summed E-state index contributed by atoms with van der Waals surface area (Å²) in [5.41, 5.74) is 2.64. The Bertz CT molecular complexity index is 440. The number of likely N-dealkylation sites (N-methyl/N-ethyl adjacent to an activating group) is 2. The molecular weight excluding hydrogens is 236 g/mol. The number of benzene rings is 1. The minimum absolute atomic E-state index is 0.0185. The summed E-state index contributed by atoms with van der Waals surface area (Å²) < 4.78 is 5.95. The molecule has 1 unspecified atom stereocenters. The average molecular weight is 262 g/mol. The maximum Gasteiger partial charge on any atom is 0.127 e. The Labute approximate surface area is 116 Å². The fourth-order valence-corrected chi connectivity index (χ4v) is 2.79. The standard InChI is InChI=1S/C16H26N2O/c1-16(2,18(4)5)15(17-3)13-10-6-8-12-9-7-11-19-14(12)13/h6,8,10,15,17H,7,9,11H2,1-5H3. The van der Waals surface area contributed by atoms with E-state index in [-0.39, 0.29) is 11.6 Å². The molecule has 1 N–H and O–H groups in total. The predicted octanol–water partition coefficient (Wildman–Crippen LogP) is 2.61. The number of para-hydroxylation sites is 1. The van der Waals surface area contributed by atoms with Crippen LogP contribution in [0.25, 0.3) is 0 Å². The van der Waals surface area contributed by atoms with Crippen molar-refractivity contribution >= 4 is 0 Å². The van der Waals surface area contributed by atoms with Crippen molar-refractivity contribution in [3.8, 4) is 5.75 Å². The van der Waals surface area contributed by atoms with Crippen LogP contribution in [0.1, 0.15) is 37.4 Å². The van der Waals surface area contributed by atoms with Crippen LogP contribution in [0.15, 0.2) is 18.2 Å². The minimum Gasteiger partial charge on any atom is -0.493 e. The molecule has 0 bridgehead atoms. The van der Waals surface area contributed by atoms with Crippen LogP contribution < -0.4 is 10.1 Å². The van der Waals surface area contributed by atoms with Crippen molar-refractivity contribution in [2.75, 3.05) is 27.7 Å². The van der Waals surface area contributed by atoms with Gasteiger partial charge < -0.3 is 15.0 Å². The van der Waals surface area contributed by atoms with Crippen molar-refractivity contribution in [2.45, 2.75) is 38.3 Å². The van der Waals surface area contributed by atoms with Crippen molar-refractivity contribution in [3.05, 3.63) is 29.3 Å². The van der Waals surface area contributed by atoms with E-state index < -0.39 is 0 Å². The topological polar surface area (TPSA) is 24.5 Å². The van der Waals surface area contributed by atoms with Crippen LogP contribution in [-0.2, 0) is 6.42 Å². The molecule has 1 aliphatic rings. The van der Waals surface area contributed by atoms with E-state index in [0.717, 1.165) is 25.2 Å². The van der Waals surface area contributed by atoms with E-state index in [4.69, 9.17) is 4.74 Å². The highest BCUT2D eigenvalue weighted by Crippen LogP contribution is 2.38. The first kappa shape index (κ1) is 14.4. The molecule has 0 aromatic heterocycles. The van der Waals surface area contributed by atoms with Gasteiger partial charge in [-0.3, -0.25) is 0 Å². The van der Waals surface area contributed by atoms with Gasteiger partial charge in [0.15, 0.2) is 0 Å². The van der Waals surface area contributed by atoms with Gasteiger partial charge in [-0.2, -0.15) is 0 Å². The van der Waals surface area contributed by atoms with Crippen LogP contribution in [0.5, 0.6) is 5.75 Å². The smallest absolute Gasteiger partial charge is 0.127 e. The lowest BCUT2D eigenvalue weighted by atomic mass is 9.85. The monoisotopic (exact) mass is 262 g/mol. The number of nitrogens with one attached hydrogen (secondary N) is 1. The quantitative estimate of drug-likeness (QED) is 0.902. The van der Waals surface area contributed by atoms with Gasteiger partial charge in [0.1, 0.15) is 5.75 Å². The molecular formula is C16H26N2O. The molecule has 3 nitrogen and oxygen atoms in total. The van der Waals surface area contributed by atoms with E-state index in [0.29, 0.717) is 0 Å². The summed E-state index contributed by atoms with van der Waals surface area (Å²) in [6, 6.07) is 6.78. The maximum atomic E-state index is 5.95. The van der Waals surface area contributed by atoms with Gasteiger partial charge in [-0.1, -0.05) is 18.2 Å². The molecule has 0 saturated heterocycles. The number of fused-ring (bicyclic) bond motifs is 1. The Balaban J connectivity index is 2.44. The first-order valence-corrected chi connectivity index (χ1v) is 7.07. The molecule has 0 saturated carbocycles. The lowest BCUT2D eigenvalue weighted by Crippen LogP contribution is -2.48. The lowest BCUT2D eigenvalue weighted by molar-refractivity contribution is 0.139. The lowest BCUT2D eigenvalue weighted by Gasteiger charge is -2.41. The van der Waals surface area contributed by atoms with E-state index in [2.05, 4.69) is 56.4 Å². The Hall–Kier alpha value is -1.06. The minimum atomic E-state index is 0.0185. The molecule has 1 atom stereocenters. The van der Waals surface area contributed by atoms with Crippen LogP contribution in [0.2, 0.25) is 0 Å². The molecule has 1 aliphatic heterocycles. The van der Waals surface area contributed by atoms with Crippen molar-refractivity contribution in [2.24, 2.45) is 0 Å². The number of nitrogens with zero attached hydrogens (tertiary/aromatic N) is 1. The van der Waals surface area contributed by atoms with E-state index in [1.54, 1.807) is 0 Å². The first-order chi connectivity index (χ1) is 8.98. The number of rotatable bonds is 4.